The molecular formula is C13H18ClN3S. The van der Waals surface area contributed by atoms with E-state index in [1.165, 1.54) is 4.88 Å². The fraction of sp³-hybridized carbons (Fsp3) is 0.462. The van der Waals surface area contributed by atoms with Gasteiger partial charge in [0.25, 0.3) is 0 Å². The minimum atomic E-state index is 0.467. The Kier molecular flexibility index (Phi) is 4.80. The Labute approximate surface area is 117 Å². The lowest BCUT2D eigenvalue weighted by molar-refractivity contribution is 0.471. The van der Waals surface area contributed by atoms with Gasteiger partial charge >= 0.3 is 0 Å². The maximum atomic E-state index is 5.89. The number of halogens is 1. The number of aromatic nitrogens is 2. The number of nitrogens with one attached hydrogen (secondary N) is 1. The second kappa shape index (κ2) is 6.36. The first kappa shape index (κ1) is 13.6. The van der Waals surface area contributed by atoms with Gasteiger partial charge in [0.15, 0.2) is 0 Å². The summed E-state index contributed by atoms with van der Waals surface area (Å²) in [5.41, 5.74) is 1.08. The van der Waals surface area contributed by atoms with E-state index in [4.69, 9.17) is 11.6 Å². The number of thiophene rings is 1. The minimum Gasteiger partial charge on any atom is -0.306 e. The van der Waals surface area contributed by atoms with Crippen LogP contribution in [0.3, 0.4) is 0 Å². The van der Waals surface area contributed by atoms with Gasteiger partial charge in [-0.1, -0.05) is 18.5 Å². The molecule has 18 heavy (non-hydrogen) atoms. The lowest BCUT2D eigenvalue weighted by Gasteiger charge is -2.08. The SMILES string of the molecule is CCC(C)n1ccc(CNCc2ccc(Cl)s2)n1. The van der Waals surface area contributed by atoms with Gasteiger partial charge in [-0.25, -0.2) is 0 Å². The van der Waals surface area contributed by atoms with Gasteiger partial charge in [0.05, 0.1) is 10.0 Å². The van der Waals surface area contributed by atoms with Crippen LogP contribution in [0.5, 0.6) is 0 Å². The number of rotatable bonds is 6. The summed E-state index contributed by atoms with van der Waals surface area (Å²) in [4.78, 5) is 1.25. The van der Waals surface area contributed by atoms with Crippen LogP contribution in [0.4, 0.5) is 0 Å². The Morgan fingerprint density at radius 1 is 1.39 bits per heavy atom. The van der Waals surface area contributed by atoms with Gasteiger partial charge in [-0.2, -0.15) is 5.10 Å². The van der Waals surface area contributed by atoms with E-state index in [0.29, 0.717) is 6.04 Å². The summed E-state index contributed by atoms with van der Waals surface area (Å²) < 4.78 is 2.87. The third-order valence-corrected chi connectivity index (χ3v) is 4.17. The highest BCUT2D eigenvalue weighted by molar-refractivity contribution is 7.16. The van der Waals surface area contributed by atoms with E-state index >= 15 is 0 Å². The molecule has 0 amide bonds. The fourth-order valence-corrected chi connectivity index (χ4v) is 2.72. The maximum Gasteiger partial charge on any atom is 0.0931 e. The molecule has 0 spiro atoms. The Morgan fingerprint density at radius 3 is 2.89 bits per heavy atom. The van der Waals surface area contributed by atoms with E-state index in [9.17, 15) is 0 Å². The Hall–Kier alpha value is -0.840. The summed E-state index contributed by atoms with van der Waals surface area (Å²) in [6.07, 6.45) is 3.15. The van der Waals surface area contributed by atoms with E-state index in [1.807, 2.05) is 16.9 Å². The summed E-state index contributed by atoms with van der Waals surface area (Å²) in [6.45, 7) is 5.98. The lowest BCUT2D eigenvalue weighted by Crippen LogP contribution is -2.13. The first-order chi connectivity index (χ1) is 8.69. The number of nitrogens with zero attached hydrogens (tertiary/aromatic N) is 2. The molecule has 0 saturated carbocycles. The quantitative estimate of drug-likeness (QED) is 0.872. The molecule has 2 heterocycles. The van der Waals surface area contributed by atoms with Gasteiger partial charge in [-0.05, 0) is 31.5 Å². The molecule has 2 aromatic rings. The zero-order valence-corrected chi connectivity index (χ0v) is 12.3. The summed E-state index contributed by atoms with van der Waals surface area (Å²) in [7, 11) is 0. The second-order valence-electron chi connectivity index (χ2n) is 4.35. The molecule has 0 aliphatic rings. The van der Waals surface area contributed by atoms with Gasteiger partial charge in [-0.3, -0.25) is 4.68 Å². The van der Waals surface area contributed by atoms with Crippen molar-refractivity contribution in [3.8, 4) is 0 Å². The van der Waals surface area contributed by atoms with Crippen LogP contribution >= 0.6 is 22.9 Å². The van der Waals surface area contributed by atoms with Crippen molar-refractivity contribution in [2.24, 2.45) is 0 Å². The van der Waals surface area contributed by atoms with Crippen LogP contribution in [-0.4, -0.2) is 9.78 Å². The van der Waals surface area contributed by atoms with Gasteiger partial charge in [0.2, 0.25) is 0 Å². The predicted molar refractivity (Wildman–Crippen MR) is 77.1 cm³/mol. The molecule has 0 aromatic carbocycles. The largest absolute Gasteiger partial charge is 0.306 e. The van der Waals surface area contributed by atoms with Crippen LogP contribution < -0.4 is 5.32 Å². The van der Waals surface area contributed by atoms with Crippen molar-refractivity contribution in [1.29, 1.82) is 0 Å². The number of hydrogen-bond donors (Lipinski definition) is 1. The molecule has 0 aliphatic heterocycles. The van der Waals surface area contributed by atoms with E-state index in [2.05, 4.69) is 36.4 Å². The normalized spacial score (nSPS) is 12.8. The van der Waals surface area contributed by atoms with E-state index in [-0.39, 0.29) is 0 Å². The minimum absolute atomic E-state index is 0.467. The van der Waals surface area contributed by atoms with Crippen molar-refractivity contribution in [3.05, 3.63) is 39.3 Å². The van der Waals surface area contributed by atoms with Crippen molar-refractivity contribution in [2.45, 2.75) is 39.4 Å². The molecule has 0 radical (unpaired) electrons. The summed E-state index contributed by atoms with van der Waals surface area (Å²) in [5.74, 6) is 0. The molecule has 0 fully saturated rings. The van der Waals surface area contributed by atoms with Crippen LogP contribution in [0.15, 0.2) is 24.4 Å². The monoisotopic (exact) mass is 283 g/mol. The molecule has 5 heteroatoms. The molecule has 0 saturated heterocycles. The van der Waals surface area contributed by atoms with Crippen molar-refractivity contribution in [2.75, 3.05) is 0 Å². The van der Waals surface area contributed by atoms with Gasteiger partial charge in [0.1, 0.15) is 0 Å². The molecule has 0 aliphatic carbocycles. The molecule has 1 atom stereocenters. The van der Waals surface area contributed by atoms with Crippen LogP contribution in [-0.2, 0) is 13.1 Å². The molecule has 1 unspecified atom stereocenters. The molecule has 0 bridgehead atoms. The standard InChI is InChI=1S/C13H18ClN3S/c1-3-10(2)17-7-6-11(16-17)8-15-9-12-4-5-13(14)18-12/h4-7,10,15H,3,8-9H2,1-2H3. The molecule has 2 rings (SSSR count). The van der Waals surface area contributed by atoms with Gasteiger partial charge in [-0.15, -0.1) is 11.3 Å². The van der Waals surface area contributed by atoms with Crippen molar-refractivity contribution in [3.63, 3.8) is 0 Å². The lowest BCUT2D eigenvalue weighted by atomic mass is 10.3. The Bertz CT molecular complexity index is 492. The summed E-state index contributed by atoms with van der Waals surface area (Å²) >= 11 is 7.50. The smallest absolute Gasteiger partial charge is 0.0931 e. The molecular weight excluding hydrogens is 266 g/mol. The van der Waals surface area contributed by atoms with E-state index < -0.39 is 0 Å². The van der Waals surface area contributed by atoms with E-state index in [1.54, 1.807) is 11.3 Å². The van der Waals surface area contributed by atoms with Crippen LogP contribution in [0.25, 0.3) is 0 Å². The second-order valence-corrected chi connectivity index (χ2v) is 6.15. The average Bonchev–Trinajstić information content (AvgIpc) is 2.98. The molecule has 98 valence electrons. The summed E-state index contributed by atoms with van der Waals surface area (Å²) in [6, 6.07) is 6.52. The average molecular weight is 284 g/mol. The Morgan fingerprint density at radius 2 is 2.22 bits per heavy atom. The molecule has 1 N–H and O–H groups in total. The van der Waals surface area contributed by atoms with Gasteiger partial charge in [0, 0.05) is 30.2 Å². The fourth-order valence-electron chi connectivity index (χ4n) is 1.66. The third-order valence-electron chi connectivity index (χ3n) is 2.94. The topological polar surface area (TPSA) is 29.9 Å². The number of hydrogen-bond acceptors (Lipinski definition) is 3. The molecule has 2 aromatic heterocycles. The first-order valence-corrected chi connectivity index (χ1v) is 7.37. The highest BCUT2D eigenvalue weighted by atomic mass is 35.5. The van der Waals surface area contributed by atoms with Crippen molar-refractivity contribution >= 4 is 22.9 Å². The van der Waals surface area contributed by atoms with Crippen LogP contribution in [0.1, 0.15) is 36.9 Å². The first-order valence-electron chi connectivity index (χ1n) is 6.18. The van der Waals surface area contributed by atoms with E-state index in [0.717, 1.165) is 29.5 Å². The van der Waals surface area contributed by atoms with Crippen LogP contribution in [0.2, 0.25) is 4.34 Å². The van der Waals surface area contributed by atoms with Crippen LogP contribution in [0, 0.1) is 0 Å². The molecule has 3 nitrogen and oxygen atoms in total. The third kappa shape index (κ3) is 3.57. The highest BCUT2D eigenvalue weighted by Crippen LogP contribution is 2.21. The summed E-state index contributed by atoms with van der Waals surface area (Å²) in [5, 5.41) is 7.93. The van der Waals surface area contributed by atoms with Crippen molar-refractivity contribution in [1.82, 2.24) is 15.1 Å². The highest BCUT2D eigenvalue weighted by Gasteiger charge is 2.04. The maximum absolute atomic E-state index is 5.89. The zero-order valence-electron chi connectivity index (χ0n) is 10.7. The Balaban J connectivity index is 1.81. The zero-order chi connectivity index (χ0) is 13.0. The van der Waals surface area contributed by atoms with Crippen molar-refractivity contribution < 1.29 is 0 Å². The van der Waals surface area contributed by atoms with Gasteiger partial charge < -0.3 is 5.32 Å². The predicted octanol–water partition coefficient (Wildman–Crippen LogP) is 3.86.